The maximum absolute atomic E-state index is 10.9. The monoisotopic (exact) mass is 251 g/mol. The lowest BCUT2D eigenvalue weighted by atomic mass is 9.94. The van der Waals surface area contributed by atoms with E-state index in [1.54, 1.807) is 6.92 Å². The van der Waals surface area contributed by atoms with Crippen LogP contribution in [-0.4, -0.2) is 29.1 Å². The molecule has 1 aliphatic rings. The lowest BCUT2D eigenvalue weighted by molar-refractivity contribution is 0.0656. The highest BCUT2D eigenvalue weighted by Gasteiger charge is 2.20. The normalized spacial score (nSPS) is 17.3. The summed E-state index contributed by atoms with van der Waals surface area (Å²) in [7, 11) is 2.09. The van der Waals surface area contributed by atoms with E-state index in [0.29, 0.717) is 18.2 Å². The van der Waals surface area contributed by atoms with Crippen LogP contribution in [0.5, 0.6) is 0 Å². The molecule has 1 saturated carbocycles. The fourth-order valence-corrected chi connectivity index (χ4v) is 2.74. The Labute approximate surface area is 108 Å². The van der Waals surface area contributed by atoms with Gasteiger partial charge in [-0.05, 0) is 32.9 Å². The van der Waals surface area contributed by atoms with Crippen molar-refractivity contribution in [2.24, 2.45) is 0 Å². The molecule has 0 radical (unpaired) electrons. The minimum Gasteiger partial charge on any atom is -0.475 e. The fraction of sp³-hybridized carbons (Fsp3) is 0.643. The SMILES string of the molecule is Cc1cc(CN(C)C2CCCCC2)oc1C(=O)O. The minimum atomic E-state index is -0.987. The Bertz CT molecular complexity index is 419. The van der Waals surface area contributed by atoms with E-state index < -0.39 is 5.97 Å². The molecule has 0 aliphatic heterocycles. The second-order valence-corrected chi connectivity index (χ2v) is 5.24. The van der Waals surface area contributed by atoms with Gasteiger partial charge in [-0.3, -0.25) is 4.90 Å². The molecule has 0 spiro atoms. The van der Waals surface area contributed by atoms with Gasteiger partial charge in [0.25, 0.3) is 0 Å². The molecule has 1 fully saturated rings. The smallest absolute Gasteiger partial charge is 0.372 e. The van der Waals surface area contributed by atoms with Crippen molar-refractivity contribution in [1.29, 1.82) is 0 Å². The maximum atomic E-state index is 10.9. The van der Waals surface area contributed by atoms with Crippen molar-refractivity contribution in [2.45, 2.75) is 51.6 Å². The number of hydrogen-bond acceptors (Lipinski definition) is 3. The summed E-state index contributed by atoms with van der Waals surface area (Å²) in [5.74, 6) is -0.168. The maximum Gasteiger partial charge on any atom is 0.372 e. The molecule has 18 heavy (non-hydrogen) atoms. The molecule has 0 unspecified atom stereocenters. The first-order chi connectivity index (χ1) is 8.58. The van der Waals surface area contributed by atoms with E-state index in [9.17, 15) is 4.79 Å². The van der Waals surface area contributed by atoms with Gasteiger partial charge in [0.15, 0.2) is 0 Å². The Morgan fingerprint density at radius 2 is 2.11 bits per heavy atom. The number of aryl methyl sites for hydroxylation is 1. The van der Waals surface area contributed by atoms with Crippen LogP contribution in [0.2, 0.25) is 0 Å². The van der Waals surface area contributed by atoms with Gasteiger partial charge in [-0.25, -0.2) is 4.79 Å². The third-order valence-electron chi connectivity index (χ3n) is 3.77. The van der Waals surface area contributed by atoms with Crippen LogP contribution < -0.4 is 0 Å². The van der Waals surface area contributed by atoms with Crippen LogP contribution in [-0.2, 0) is 6.54 Å². The molecule has 1 heterocycles. The summed E-state index contributed by atoms with van der Waals surface area (Å²) in [6.45, 7) is 2.47. The van der Waals surface area contributed by atoms with Crippen LogP contribution in [0.1, 0.15) is 54.0 Å². The first-order valence-electron chi connectivity index (χ1n) is 6.61. The number of hydrogen-bond donors (Lipinski definition) is 1. The Balaban J connectivity index is 2.00. The van der Waals surface area contributed by atoms with Crippen molar-refractivity contribution in [3.8, 4) is 0 Å². The van der Waals surface area contributed by atoms with Gasteiger partial charge in [-0.15, -0.1) is 0 Å². The molecule has 4 heteroatoms. The van der Waals surface area contributed by atoms with Gasteiger partial charge in [0, 0.05) is 11.6 Å². The molecule has 0 aromatic carbocycles. The zero-order valence-corrected chi connectivity index (χ0v) is 11.1. The van der Waals surface area contributed by atoms with Crippen LogP contribution >= 0.6 is 0 Å². The number of aromatic carboxylic acids is 1. The van der Waals surface area contributed by atoms with E-state index in [2.05, 4.69) is 11.9 Å². The molecule has 4 nitrogen and oxygen atoms in total. The molecule has 0 saturated heterocycles. The quantitative estimate of drug-likeness (QED) is 0.893. The summed E-state index contributed by atoms with van der Waals surface area (Å²) in [6, 6.07) is 2.44. The highest BCUT2D eigenvalue weighted by molar-refractivity contribution is 5.86. The van der Waals surface area contributed by atoms with Crippen LogP contribution in [0.15, 0.2) is 10.5 Å². The fourth-order valence-electron chi connectivity index (χ4n) is 2.74. The first kappa shape index (κ1) is 13.1. The molecule has 1 aromatic heterocycles. The Morgan fingerprint density at radius 3 is 2.67 bits per heavy atom. The lowest BCUT2D eigenvalue weighted by Gasteiger charge is -2.30. The average Bonchev–Trinajstić information content (AvgIpc) is 2.71. The minimum absolute atomic E-state index is 0.0713. The van der Waals surface area contributed by atoms with Crippen molar-refractivity contribution in [2.75, 3.05) is 7.05 Å². The van der Waals surface area contributed by atoms with E-state index in [1.807, 2.05) is 6.07 Å². The summed E-state index contributed by atoms with van der Waals surface area (Å²) in [4.78, 5) is 13.2. The van der Waals surface area contributed by atoms with Crippen molar-refractivity contribution in [1.82, 2.24) is 4.90 Å². The standard InChI is InChI=1S/C14H21NO3/c1-10-8-12(18-13(10)14(16)17)9-15(2)11-6-4-3-5-7-11/h8,11H,3-7,9H2,1-2H3,(H,16,17). The molecular weight excluding hydrogens is 230 g/mol. The summed E-state index contributed by atoms with van der Waals surface area (Å²) < 4.78 is 5.40. The third-order valence-corrected chi connectivity index (χ3v) is 3.77. The highest BCUT2D eigenvalue weighted by Crippen LogP contribution is 2.24. The van der Waals surface area contributed by atoms with E-state index in [1.165, 1.54) is 32.1 Å². The molecule has 0 atom stereocenters. The van der Waals surface area contributed by atoms with Crippen LogP contribution in [0.4, 0.5) is 0 Å². The number of rotatable bonds is 4. The van der Waals surface area contributed by atoms with E-state index in [0.717, 1.165) is 5.76 Å². The second-order valence-electron chi connectivity index (χ2n) is 5.24. The highest BCUT2D eigenvalue weighted by atomic mass is 16.4. The molecule has 1 aromatic rings. The Morgan fingerprint density at radius 1 is 1.44 bits per heavy atom. The van der Waals surface area contributed by atoms with Crippen LogP contribution in [0.3, 0.4) is 0 Å². The summed E-state index contributed by atoms with van der Waals surface area (Å²) in [6.07, 6.45) is 6.41. The number of carbonyl (C=O) groups is 1. The van der Waals surface area contributed by atoms with Crippen molar-refractivity contribution >= 4 is 5.97 Å². The van der Waals surface area contributed by atoms with Gasteiger partial charge in [-0.1, -0.05) is 19.3 Å². The van der Waals surface area contributed by atoms with Crippen molar-refractivity contribution in [3.63, 3.8) is 0 Å². The van der Waals surface area contributed by atoms with Gasteiger partial charge < -0.3 is 9.52 Å². The Hall–Kier alpha value is -1.29. The van der Waals surface area contributed by atoms with Crippen molar-refractivity contribution < 1.29 is 14.3 Å². The Kier molecular flexibility index (Phi) is 4.07. The number of furan rings is 1. The van der Waals surface area contributed by atoms with E-state index in [-0.39, 0.29) is 5.76 Å². The average molecular weight is 251 g/mol. The van der Waals surface area contributed by atoms with Gasteiger partial charge in [-0.2, -0.15) is 0 Å². The number of carboxylic acids is 1. The first-order valence-corrected chi connectivity index (χ1v) is 6.61. The number of carboxylic acid groups (broad SMARTS) is 1. The zero-order valence-electron chi connectivity index (χ0n) is 11.1. The van der Waals surface area contributed by atoms with Crippen molar-refractivity contribution in [3.05, 3.63) is 23.2 Å². The largest absolute Gasteiger partial charge is 0.475 e. The van der Waals surface area contributed by atoms with Gasteiger partial charge >= 0.3 is 5.97 Å². The predicted octanol–water partition coefficient (Wildman–Crippen LogP) is 3.05. The molecule has 2 rings (SSSR count). The van der Waals surface area contributed by atoms with Gasteiger partial charge in [0.1, 0.15) is 5.76 Å². The topological polar surface area (TPSA) is 53.7 Å². The van der Waals surface area contributed by atoms with Crippen LogP contribution in [0.25, 0.3) is 0 Å². The molecular formula is C14H21NO3. The zero-order chi connectivity index (χ0) is 13.1. The molecule has 1 aliphatic carbocycles. The summed E-state index contributed by atoms with van der Waals surface area (Å²) in [5.41, 5.74) is 0.703. The van der Waals surface area contributed by atoms with E-state index >= 15 is 0 Å². The molecule has 0 amide bonds. The number of nitrogens with zero attached hydrogens (tertiary/aromatic N) is 1. The third kappa shape index (κ3) is 2.93. The second kappa shape index (κ2) is 5.57. The van der Waals surface area contributed by atoms with Gasteiger partial charge in [0.05, 0.1) is 6.54 Å². The predicted molar refractivity (Wildman–Crippen MR) is 68.7 cm³/mol. The summed E-state index contributed by atoms with van der Waals surface area (Å²) in [5, 5.41) is 8.95. The molecule has 1 N–H and O–H groups in total. The molecule has 0 bridgehead atoms. The summed E-state index contributed by atoms with van der Waals surface area (Å²) >= 11 is 0. The lowest BCUT2D eigenvalue weighted by Crippen LogP contribution is -2.32. The van der Waals surface area contributed by atoms with Gasteiger partial charge in [0.2, 0.25) is 5.76 Å². The van der Waals surface area contributed by atoms with E-state index in [4.69, 9.17) is 9.52 Å². The molecule has 100 valence electrons. The van der Waals surface area contributed by atoms with Crippen LogP contribution in [0, 0.1) is 6.92 Å².